The molecule has 2 aliphatic rings. The highest BCUT2D eigenvalue weighted by molar-refractivity contribution is 7.39. The van der Waals surface area contributed by atoms with Crippen molar-refractivity contribution in [3.8, 4) is 0 Å². The number of aryl methyl sites for hydroxylation is 2. The van der Waals surface area contributed by atoms with Crippen LogP contribution in [-0.4, -0.2) is 26.8 Å². The molecule has 5 nitrogen and oxygen atoms in total. The largest absolute Gasteiger partial charge is 0.383 e. The van der Waals surface area contributed by atoms with Gasteiger partial charge in [-0.05, 0) is 67.4 Å². The molecular weight excluding hydrogens is 486 g/mol. The molecule has 0 radical (unpaired) electrons. The molecule has 0 spiro atoms. The van der Waals surface area contributed by atoms with Crippen LogP contribution in [0.25, 0.3) is 0 Å². The Morgan fingerprint density at radius 2 is 1.79 bits per heavy atom. The van der Waals surface area contributed by atoms with E-state index in [1.165, 1.54) is 4.68 Å². The summed E-state index contributed by atoms with van der Waals surface area (Å²) in [5, 5.41) is 5.79. The molecule has 2 aliphatic carbocycles. The third-order valence-electron chi connectivity index (χ3n) is 7.30. The molecule has 33 heavy (non-hydrogen) atoms. The van der Waals surface area contributed by atoms with E-state index in [2.05, 4.69) is 19.7 Å². The van der Waals surface area contributed by atoms with Crippen molar-refractivity contribution in [2.45, 2.75) is 49.6 Å². The van der Waals surface area contributed by atoms with Gasteiger partial charge in [0.05, 0.1) is 5.69 Å². The fourth-order valence-electron chi connectivity index (χ4n) is 5.47. The van der Waals surface area contributed by atoms with Crippen LogP contribution in [0.2, 0.25) is 0 Å². The number of halogens is 3. The third kappa shape index (κ3) is 4.56. The average molecular weight is 516 g/mol. The molecule has 1 aromatic heterocycles. The second kappa shape index (κ2) is 8.77. The lowest BCUT2D eigenvalue weighted by Gasteiger charge is -2.32. The van der Waals surface area contributed by atoms with E-state index in [1.54, 1.807) is 25.5 Å². The molecule has 2 saturated carbocycles. The van der Waals surface area contributed by atoms with Crippen LogP contribution in [0.5, 0.6) is 0 Å². The molecule has 11 heteroatoms. The molecule has 0 aliphatic heterocycles. The molecule has 3 N–H and O–H groups in total. The minimum absolute atomic E-state index is 0.0443. The molecule has 5 atom stereocenters. The fraction of sp³-hybridized carbons (Fsp3) is 0.545. The predicted molar refractivity (Wildman–Crippen MR) is 136 cm³/mol. The topological polar surface area (TPSA) is 72.9 Å². The van der Waals surface area contributed by atoms with Gasteiger partial charge in [-0.2, -0.15) is 5.10 Å². The zero-order chi connectivity index (χ0) is 24.3. The Balaban J connectivity index is 1.52. The van der Waals surface area contributed by atoms with Crippen LogP contribution in [-0.2, 0) is 7.05 Å². The number of aromatic nitrogens is 2. The van der Waals surface area contributed by atoms with Crippen LogP contribution in [0.3, 0.4) is 0 Å². The van der Waals surface area contributed by atoms with Crippen LogP contribution in [0.15, 0.2) is 18.2 Å². The lowest BCUT2D eigenvalue weighted by Crippen LogP contribution is -2.40. The number of rotatable bonds is 5. The zero-order valence-electron chi connectivity index (χ0n) is 18.6. The van der Waals surface area contributed by atoms with Crippen molar-refractivity contribution in [3.63, 3.8) is 0 Å². The molecule has 2 aromatic rings. The lowest BCUT2D eigenvalue weighted by atomic mass is 9.91. The maximum atomic E-state index is 14.5. The van der Waals surface area contributed by atoms with Crippen molar-refractivity contribution in [1.82, 2.24) is 9.78 Å². The third-order valence-corrected chi connectivity index (χ3v) is 8.72. The fourth-order valence-corrected chi connectivity index (χ4v) is 6.12. The monoisotopic (exact) mass is 516 g/mol. The average Bonchev–Trinajstić information content (AvgIpc) is 3.36. The Hall–Kier alpha value is -1.22. The van der Waals surface area contributed by atoms with E-state index >= 15 is 0 Å². The van der Waals surface area contributed by atoms with Gasteiger partial charge in [-0.25, -0.2) is 13.2 Å². The van der Waals surface area contributed by atoms with E-state index < -0.39 is 17.0 Å². The number of nitrogens with one attached hydrogen (secondary N) is 1. The van der Waals surface area contributed by atoms with Gasteiger partial charge >= 0.3 is 0 Å². The number of carbonyl (C=O) groups excluding carboxylic acids is 1. The van der Waals surface area contributed by atoms with Crippen LogP contribution in [0.4, 0.5) is 24.7 Å². The molecule has 5 unspecified atom stereocenters. The van der Waals surface area contributed by atoms with E-state index in [9.17, 15) is 18.0 Å². The van der Waals surface area contributed by atoms with Gasteiger partial charge in [0.25, 0.3) is 11.8 Å². The van der Waals surface area contributed by atoms with Gasteiger partial charge in [-0.3, -0.25) is 9.48 Å². The van der Waals surface area contributed by atoms with Crippen molar-refractivity contribution in [2.24, 2.45) is 24.8 Å². The molecule has 2 fully saturated rings. The second-order valence-corrected chi connectivity index (χ2v) is 12.5. The first-order valence-electron chi connectivity index (χ1n) is 10.9. The standard InChI is InChI=1S/C22H30F3N4OP3/c1-10-5-15(3-4-16(10)31)27-20(30)17-18(28-29(2)19(17)26)13-6-11-8-14(9-12(11)7-13)21(23,24)22(25,32)33/h3-5,11-14H,6-9,26,31-33H2,1-2H3,(H,27,30). The summed E-state index contributed by atoms with van der Waals surface area (Å²) in [5.74, 6) is -4.41. The Labute approximate surface area is 198 Å². The smallest absolute Gasteiger partial charge is 0.290 e. The van der Waals surface area contributed by atoms with E-state index in [0.717, 1.165) is 10.9 Å². The van der Waals surface area contributed by atoms with Gasteiger partial charge in [-0.15, -0.1) is 9.24 Å². The first-order chi connectivity index (χ1) is 15.3. The number of amides is 1. The minimum Gasteiger partial charge on any atom is -0.383 e. The Morgan fingerprint density at radius 3 is 2.33 bits per heavy atom. The summed E-state index contributed by atoms with van der Waals surface area (Å²) >= 11 is 0. The molecular formula is C22H30F3N4OP3. The molecule has 4 rings (SSSR count). The molecule has 1 heterocycles. The van der Waals surface area contributed by atoms with E-state index in [4.69, 9.17) is 5.73 Å². The number of fused-ring (bicyclic) bond motifs is 1. The summed E-state index contributed by atoms with van der Waals surface area (Å²) in [6.45, 7) is 1.96. The Bertz CT molecular complexity index is 1070. The maximum absolute atomic E-state index is 14.5. The maximum Gasteiger partial charge on any atom is 0.290 e. The van der Waals surface area contributed by atoms with Crippen molar-refractivity contribution in [2.75, 3.05) is 11.1 Å². The SMILES string of the molecule is Cc1cc(NC(=O)c2c(C3CC4CC(C(F)(F)C(F)(P)P)CC4C3)nn(C)c2N)ccc1P. The van der Waals surface area contributed by atoms with Crippen molar-refractivity contribution in [3.05, 3.63) is 35.0 Å². The summed E-state index contributed by atoms with van der Waals surface area (Å²) in [5.41, 5.74) is 8.86. The van der Waals surface area contributed by atoms with Crippen molar-refractivity contribution < 1.29 is 18.0 Å². The van der Waals surface area contributed by atoms with Crippen LogP contribution in [0, 0.1) is 24.7 Å². The Kier molecular flexibility index (Phi) is 6.62. The van der Waals surface area contributed by atoms with Crippen LogP contribution >= 0.6 is 27.7 Å². The number of carbonyl (C=O) groups is 1. The highest BCUT2D eigenvalue weighted by Crippen LogP contribution is 2.60. The summed E-state index contributed by atoms with van der Waals surface area (Å²) < 4.78 is 44.6. The number of hydrogen-bond donors (Lipinski definition) is 2. The molecule has 0 bridgehead atoms. The molecule has 1 amide bonds. The first-order valence-corrected chi connectivity index (χ1v) is 12.7. The Morgan fingerprint density at radius 1 is 1.18 bits per heavy atom. The van der Waals surface area contributed by atoms with E-state index in [-0.39, 0.29) is 42.3 Å². The van der Waals surface area contributed by atoms with Gasteiger partial charge in [0.1, 0.15) is 11.4 Å². The van der Waals surface area contributed by atoms with Gasteiger partial charge in [0.2, 0.25) is 0 Å². The number of nitrogens with two attached hydrogens (primary N) is 1. The van der Waals surface area contributed by atoms with Gasteiger partial charge < -0.3 is 11.1 Å². The highest BCUT2D eigenvalue weighted by atomic mass is 31.1. The summed E-state index contributed by atoms with van der Waals surface area (Å²) in [7, 11) is 7.56. The first kappa shape index (κ1) is 24.9. The predicted octanol–water partition coefficient (Wildman–Crippen LogP) is 4.59. The number of benzene rings is 1. The number of anilines is 2. The number of alkyl halides is 3. The zero-order valence-corrected chi connectivity index (χ0v) is 22.1. The summed E-state index contributed by atoms with van der Waals surface area (Å²) in [6, 6.07) is 5.61. The molecule has 1 aromatic carbocycles. The molecule has 0 saturated heterocycles. The minimum atomic E-state index is -3.42. The van der Waals surface area contributed by atoms with Crippen molar-refractivity contribution in [1.29, 1.82) is 0 Å². The highest BCUT2D eigenvalue weighted by Gasteiger charge is 2.58. The van der Waals surface area contributed by atoms with Gasteiger partial charge in [-0.1, -0.05) is 24.5 Å². The van der Waals surface area contributed by atoms with Crippen LogP contribution < -0.4 is 16.4 Å². The summed E-state index contributed by atoms with van der Waals surface area (Å²) in [6.07, 6.45) is 1.82. The number of hydrogen-bond acceptors (Lipinski definition) is 3. The molecule has 180 valence electrons. The van der Waals surface area contributed by atoms with Gasteiger partial charge in [0.15, 0.2) is 5.15 Å². The number of nitrogen functional groups attached to an aromatic ring is 1. The van der Waals surface area contributed by atoms with Gasteiger partial charge in [0, 0.05) is 24.6 Å². The van der Waals surface area contributed by atoms with E-state index in [0.29, 0.717) is 29.8 Å². The van der Waals surface area contributed by atoms with E-state index in [1.807, 2.05) is 25.1 Å². The van der Waals surface area contributed by atoms with Crippen LogP contribution in [0.1, 0.15) is 53.2 Å². The lowest BCUT2D eigenvalue weighted by molar-refractivity contribution is -0.102. The van der Waals surface area contributed by atoms with Crippen molar-refractivity contribution >= 4 is 50.4 Å². The second-order valence-electron chi connectivity index (χ2n) is 9.54. The normalized spacial score (nSPS) is 25.3. The quantitative estimate of drug-likeness (QED) is 0.571. The summed E-state index contributed by atoms with van der Waals surface area (Å²) in [4.78, 5) is 13.2. The number of nitrogens with zero attached hydrogens (tertiary/aromatic N) is 2.